The second kappa shape index (κ2) is 7.88. The van der Waals surface area contributed by atoms with Gasteiger partial charge in [-0.3, -0.25) is 4.99 Å². The Balaban J connectivity index is 0.00000180. The van der Waals surface area contributed by atoms with Crippen LogP contribution in [0.5, 0.6) is 0 Å². The molecule has 0 aliphatic carbocycles. The average Bonchev–Trinajstić information content (AvgIpc) is 3.01. The molecule has 0 amide bonds. The Morgan fingerprint density at radius 1 is 1.26 bits per heavy atom. The standard InChI is InChI=1S/C13H18N4O.HI/c1-14-13(16-10-12-6-4-8-18-12)15-9-11-5-3-7-17(11)2;/h3-8H,9-10H2,1-2H3,(H2,14,15,16);1H. The van der Waals surface area contributed by atoms with Crippen molar-refractivity contribution in [3.05, 3.63) is 48.2 Å². The zero-order chi connectivity index (χ0) is 12.8. The van der Waals surface area contributed by atoms with E-state index in [1.165, 1.54) is 5.69 Å². The van der Waals surface area contributed by atoms with Crippen LogP contribution in [-0.2, 0) is 20.1 Å². The third-order valence-electron chi connectivity index (χ3n) is 2.72. The summed E-state index contributed by atoms with van der Waals surface area (Å²) in [7, 11) is 3.78. The van der Waals surface area contributed by atoms with Gasteiger partial charge in [0.1, 0.15) is 5.76 Å². The van der Waals surface area contributed by atoms with Gasteiger partial charge in [-0.25, -0.2) is 0 Å². The van der Waals surface area contributed by atoms with Crippen molar-refractivity contribution in [3.8, 4) is 0 Å². The van der Waals surface area contributed by atoms with Crippen LogP contribution in [0.1, 0.15) is 11.5 Å². The van der Waals surface area contributed by atoms with Gasteiger partial charge >= 0.3 is 0 Å². The molecule has 5 nitrogen and oxygen atoms in total. The fourth-order valence-electron chi connectivity index (χ4n) is 1.66. The normalized spacial score (nSPS) is 10.9. The fourth-order valence-corrected chi connectivity index (χ4v) is 1.66. The summed E-state index contributed by atoms with van der Waals surface area (Å²) in [6.07, 6.45) is 3.69. The maximum atomic E-state index is 5.25. The highest BCUT2D eigenvalue weighted by molar-refractivity contribution is 14.0. The summed E-state index contributed by atoms with van der Waals surface area (Å²) < 4.78 is 7.32. The van der Waals surface area contributed by atoms with E-state index in [0.717, 1.165) is 18.3 Å². The smallest absolute Gasteiger partial charge is 0.191 e. The quantitative estimate of drug-likeness (QED) is 0.490. The molecule has 2 N–H and O–H groups in total. The number of halogens is 1. The summed E-state index contributed by atoms with van der Waals surface area (Å²) in [5, 5.41) is 6.44. The van der Waals surface area contributed by atoms with Gasteiger partial charge in [-0.1, -0.05) is 0 Å². The first-order valence-electron chi connectivity index (χ1n) is 5.86. The van der Waals surface area contributed by atoms with Gasteiger partial charge in [-0.2, -0.15) is 0 Å². The first-order chi connectivity index (χ1) is 8.79. The van der Waals surface area contributed by atoms with Crippen LogP contribution in [0.2, 0.25) is 0 Å². The first-order valence-corrected chi connectivity index (χ1v) is 5.86. The maximum Gasteiger partial charge on any atom is 0.191 e. The Morgan fingerprint density at radius 2 is 2.05 bits per heavy atom. The van der Waals surface area contributed by atoms with Crippen LogP contribution in [-0.4, -0.2) is 17.6 Å². The Bertz CT molecular complexity index is 504. The minimum absolute atomic E-state index is 0. The van der Waals surface area contributed by atoms with Crippen molar-refractivity contribution in [3.63, 3.8) is 0 Å². The summed E-state index contributed by atoms with van der Waals surface area (Å²) in [5.74, 6) is 1.64. The number of hydrogen-bond donors (Lipinski definition) is 2. The molecule has 0 aliphatic rings. The fraction of sp³-hybridized carbons (Fsp3) is 0.308. The van der Waals surface area contributed by atoms with Gasteiger partial charge < -0.3 is 19.6 Å². The Kier molecular flexibility index (Phi) is 6.48. The van der Waals surface area contributed by atoms with Crippen LogP contribution in [0.3, 0.4) is 0 Å². The van der Waals surface area contributed by atoms with Crippen molar-refractivity contribution >= 4 is 29.9 Å². The number of aryl methyl sites for hydroxylation is 1. The maximum absolute atomic E-state index is 5.25. The molecule has 0 saturated heterocycles. The monoisotopic (exact) mass is 374 g/mol. The average molecular weight is 374 g/mol. The van der Waals surface area contributed by atoms with Gasteiger partial charge in [-0.15, -0.1) is 24.0 Å². The molecule has 0 radical (unpaired) electrons. The first kappa shape index (κ1) is 15.6. The summed E-state index contributed by atoms with van der Waals surface area (Å²) in [6, 6.07) is 7.90. The molecule has 2 rings (SSSR count). The molecule has 0 atom stereocenters. The summed E-state index contributed by atoms with van der Waals surface area (Å²) in [5.41, 5.74) is 1.20. The zero-order valence-corrected chi connectivity index (χ0v) is 13.4. The van der Waals surface area contributed by atoms with Gasteiger partial charge in [0, 0.05) is 26.0 Å². The predicted octanol–water partition coefficient (Wildman–Crippen LogP) is 2.10. The minimum atomic E-state index is 0. The lowest BCUT2D eigenvalue weighted by Crippen LogP contribution is -2.36. The van der Waals surface area contributed by atoms with E-state index in [4.69, 9.17) is 4.42 Å². The molecular formula is C13H19IN4O. The van der Waals surface area contributed by atoms with E-state index >= 15 is 0 Å². The van der Waals surface area contributed by atoms with Crippen LogP contribution in [0, 0.1) is 0 Å². The topological polar surface area (TPSA) is 54.5 Å². The second-order valence-corrected chi connectivity index (χ2v) is 3.97. The van der Waals surface area contributed by atoms with Crippen LogP contribution in [0.25, 0.3) is 0 Å². The van der Waals surface area contributed by atoms with Gasteiger partial charge in [-0.05, 0) is 24.3 Å². The number of nitrogens with one attached hydrogen (secondary N) is 2. The van der Waals surface area contributed by atoms with E-state index in [1.54, 1.807) is 13.3 Å². The van der Waals surface area contributed by atoms with Crippen molar-refractivity contribution in [2.75, 3.05) is 7.05 Å². The number of aromatic nitrogens is 1. The molecule has 0 spiro atoms. The number of guanidine groups is 1. The van der Waals surface area contributed by atoms with Gasteiger partial charge in [0.2, 0.25) is 0 Å². The molecular weight excluding hydrogens is 355 g/mol. The number of aliphatic imine (C=N–C) groups is 1. The molecule has 2 aromatic rings. The number of nitrogens with zero attached hydrogens (tertiary/aromatic N) is 2. The summed E-state index contributed by atoms with van der Waals surface area (Å²) >= 11 is 0. The van der Waals surface area contributed by atoms with Gasteiger partial charge in [0.25, 0.3) is 0 Å². The van der Waals surface area contributed by atoms with Crippen molar-refractivity contribution in [1.29, 1.82) is 0 Å². The summed E-state index contributed by atoms with van der Waals surface area (Å²) in [4.78, 5) is 4.16. The Labute approximate surface area is 130 Å². The van der Waals surface area contributed by atoms with Crippen molar-refractivity contribution < 1.29 is 4.42 Å². The van der Waals surface area contributed by atoms with Crippen LogP contribution in [0.15, 0.2) is 46.1 Å². The van der Waals surface area contributed by atoms with Crippen LogP contribution in [0.4, 0.5) is 0 Å². The van der Waals surface area contributed by atoms with Crippen molar-refractivity contribution in [1.82, 2.24) is 15.2 Å². The lowest BCUT2D eigenvalue weighted by atomic mass is 10.4. The molecule has 2 aromatic heterocycles. The lowest BCUT2D eigenvalue weighted by molar-refractivity contribution is 0.501. The molecule has 19 heavy (non-hydrogen) atoms. The van der Waals surface area contributed by atoms with Crippen molar-refractivity contribution in [2.24, 2.45) is 12.0 Å². The molecule has 0 fully saturated rings. The number of furan rings is 1. The molecule has 2 heterocycles. The summed E-state index contributed by atoms with van der Waals surface area (Å²) in [6.45, 7) is 1.36. The Hall–Kier alpha value is -1.44. The van der Waals surface area contributed by atoms with Gasteiger partial charge in [0.15, 0.2) is 5.96 Å². The molecule has 0 aliphatic heterocycles. The third-order valence-corrected chi connectivity index (χ3v) is 2.72. The van der Waals surface area contributed by atoms with Crippen molar-refractivity contribution in [2.45, 2.75) is 13.1 Å². The van der Waals surface area contributed by atoms with E-state index in [1.807, 2.05) is 31.4 Å². The van der Waals surface area contributed by atoms with Crippen LogP contribution >= 0.6 is 24.0 Å². The van der Waals surface area contributed by atoms with E-state index in [-0.39, 0.29) is 24.0 Å². The van der Waals surface area contributed by atoms with Gasteiger partial charge in [0.05, 0.1) is 19.4 Å². The van der Waals surface area contributed by atoms with E-state index in [9.17, 15) is 0 Å². The Morgan fingerprint density at radius 3 is 2.63 bits per heavy atom. The highest BCUT2D eigenvalue weighted by Gasteiger charge is 2.01. The minimum Gasteiger partial charge on any atom is -0.467 e. The van der Waals surface area contributed by atoms with E-state index in [2.05, 4.69) is 26.3 Å². The molecule has 104 valence electrons. The molecule has 0 bridgehead atoms. The molecule has 6 heteroatoms. The predicted molar refractivity (Wildman–Crippen MR) is 86.6 cm³/mol. The zero-order valence-electron chi connectivity index (χ0n) is 11.1. The molecule has 0 saturated carbocycles. The van der Waals surface area contributed by atoms with Crippen LogP contribution < -0.4 is 10.6 Å². The largest absolute Gasteiger partial charge is 0.467 e. The molecule has 0 unspecified atom stereocenters. The van der Waals surface area contributed by atoms with E-state index in [0.29, 0.717) is 6.54 Å². The molecule has 0 aromatic carbocycles. The number of rotatable bonds is 4. The second-order valence-electron chi connectivity index (χ2n) is 3.97. The lowest BCUT2D eigenvalue weighted by Gasteiger charge is -2.11. The highest BCUT2D eigenvalue weighted by atomic mass is 127. The SMILES string of the molecule is CN=C(NCc1ccco1)NCc1cccn1C.I. The van der Waals surface area contributed by atoms with E-state index < -0.39 is 0 Å². The highest BCUT2D eigenvalue weighted by Crippen LogP contribution is 1.99. The third kappa shape index (κ3) is 4.62. The number of hydrogen-bond acceptors (Lipinski definition) is 2.